The Hall–Kier alpha value is -4.06. The molecule has 10 nitrogen and oxygen atoms in total. The van der Waals surface area contributed by atoms with Crippen LogP contribution in [0.3, 0.4) is 0 Å². The molecule has 2 rings (SSSR count). The fourth-order valence-electron chi connectivity index (χ4n) is 4.62. The molecule has 0 radical (unpaired) electrons. The summed E-state index contributed by atoms with van der Waals surface area (Å²) in [6.07, 6.45) is 8.21. The predicted octanol–water partition coefficient (Wildman–Crippen LogP) is 8.84. The maximum atomic E-state index is 12.2. The number of unbranched alkanes of at least 4 members (excludes halogenated alkanes) is 3. The Labute approximate surface area is 277 Å². The third-order valence-electron chi connectivity index (χ3n) is 8.26. The number of ether oxygens (including phenoxy) is 2. The maximum absolute atomic E-state index is 12.2. The van der Waals surface area contributed by atoms with Crippen LogP contribution < -0.4 is 4.90 Å². The van der Waals surface area contributed by atoms with Gasteiger partial charge in [-0.05, 0) is 82.7 Å². The number of aryl methyl sites for hydroxylation is 1. The lowest BCUT2D eigenvalue weighted by Crippen LogP contribution is -2.42. The zero-order chi connectivity index (χ0) is 34.3. The normalized spacial score (nSPS) is 14.0. The first-order valence-corrected chi connectivity index (χ1v) is 16.6. The van der Waals surface area contributed by atoms with Crippen LogP contribution in [0.25, 0.3) is 0 Å². The molecule has 1 N–H and O–H groups in total. The SMILES string of the molecule is CCCCCCN(CCC(C)(CC)OCC(C)(CC)OC(=O)/C=C\C(=O)O)c1ccc(N=Nc2sc(C#N)c(C)c2C#N)c(C)c1. The number of esters is 1. The van der Waals surface area contributed by atoms with Gasteiger partial charge in [0.2, 0.25) is 0 Å². The molecule has 46 heavy (non-hydrogen) atoms. The highest BCUT2D eigenvalue weighted by Gasteiger charge is 2.32. The van der Waals surface area contributed by atoms with Gasteiger partial charge >= 0.3 is 11.9 Å². The largest absolute Gasteiger partial charge is 0.478 e. The van der Waals surface area contributed by atoms with Crippen molar-refractivity contribution in [3.05, 3.63) is 51.9 Å². The van der Waals surface area contributed by atoms with Crippen molar-refractivity contribution in [1.82, 2.24) is 0 Å². The Bertz CT molecular complexity index is 1490. The van der Waals surface area contributed by atoms with Crippen molar-refractivity contribution in [2.24, 2.45) is 10.2 Å². The zero-order valence-electron chi connectivity index (χ0n) is 28.2. The van der Waals surface area contributed by atoms with Gasteiger partial charge in [0.15, 0.2) is 5.00 Å². The van der Waals surface area contributed by atoms with E-state index in [2.05, 4.69) is 54.1 Å². The van der Waals surface area contributed by atoms with Gasteiger partial charge in [0.1, 0.15) is 22.6 Å². The number of benzene rings is 1. The van der Waals surface area contributed by atoms with E-state index in [4.69, 9.17) is 14.6 Å². The van der Waals surface area contributed by atoms with Crippen LogP contribution in [-0.4, -0.2) is 47.9 Å². The number of anilines is 1. The summed E-state index contributed by atoms with van der Waals surface area (Å²) in [6.45, 7) is 15.6. The van der Waals surface area contributed by atoms with Crippen LogP contribution in [0.1, 0.15) is 101 Å². The van der Waals surface area contributed by atoms with Crippen LogP contribution >= 0.6 is 11.3 Å². The first-order chi connectivity index (χ1) is 21.8. The fraction of sp³-hybridized carbons (Fsp3) is 0.543. The number of rotatable bonds is 19. The molecule has 1 heterocycles. The predicted molar refractivity (Wildman–Crippen MR) is 181 cm³/mol. The summed E-state index contributed by atoms with van der Waals surface area (Å²) in [4.78, 5) is 25.8. The van der Waals surface area contributed by atoms with Gasteiger partial charge in [0.25, 0.3) is 0 Å². The van der Waals surface area contributed by atoms with Gasteiger partial charge in [-0.15, -0.1) is 21.6 Å². The smallest absolute Gasteiger partial charge is 0.331 e. The Morgan fingerprint density at radius 3 is 2.30 bits per heavy atom. The number of carboxylic acids is 1. The Morgan fingerprint density at radius 1 is 1.00 bits per heavy atom. The second-order valence-electron chi connectivity index (χ2n) is 11.9. The molecule has 0 bridgehead atoms. The van der Waals surface area contributed by atoms with Gasteiger partial charge in [-0.1, -0.05) is 40.0 Å². The number of hydrogen-bond donors (Lipinski definition) is 1. The minimum Gasteiger partial charge on any atom is -0.478 e. The van der Waals surface area contributed by atoms with Gasteiger partial charge in [0.05, 0.1) is 23.5 Å². The van der Waals surface area contributed by atoms with Crippen LogP contribution in [0, 0.1) is 36.5 Å². The number of azo groups is 1. The molecule has 2 unspecified atom stereocenters. The lowest BCUT2D eigenvalue weighted by Gasteiger charge is -2.37. The molecule has 0 saturated heterocycles. The molecule has 1 aromatic carbocycles. The minimum atomic E-state index is -1.21. The van der Waals surface area contributed by atoms with Crippen molar-refractivity contribution >= 4 is 39.7 Å². The molecule has 2 aromatic rings. The molecule has 1 aromatic heterocycles. The van der Waals surface area contributed by atoms with Gasteiger partial charge in [0, 0.05) is 30.9 Å². The van der Waals surface area contributed by atoms with E-state index < -0.39 is 23.1 Å². The van der Waals surface area contributed by atoms with E-state index in [-0.39, 0.29) is 6.61 Å². The van der Waals surface area contributed by atoms with E-state index in [1.54, 1.807) is 13.8 Å². The van der Waals surface area contributed by atoms with Gasteiger partial charge in [-0.25, -0.2) is 9.59 Å². The van der Waals surface area contributed by atoms with Crippen molar-refractivity contribution in [2.75, 3.05) is 24.6 Å². The molecule has 0 aliphatic heterocycles. The average molecular weight is 650 g/mol. The number of nitrogens with zero attached hydrogens (tertiary/aromatic N) is 5. The number of carbonyl (C=O) groups is 2. The first-order valence-electron chi connectivity index (χ1n) is 15.8. The van der Waals surface area contributed by atoms with E-state index in [0.717, 1.165) is 68.6 Å². The molecule has 2 atom stereocenters. The highest BCUT2D eigenvalue weighted by atomic mass is 32.1. The van der Waals surface area contributed by atoms with Gasteiger partial charge < -0.3 is 19.5 Å². The third-order valence-corrected chi connectivity index (χ3v) is 9.34. The molecular weight excluding hydrogens is 602 g/mol. The zero-order valence-corrected chi connectivity index (χ0v) is 29.0. The van der Waals surface area contributed by atoms with E-state index in [1.165, 1.54) is 17.8 Å². The monoisotopic (exact) mass is 649 g/mol. The van der Waals surface area contributed by atoms with E-state index in [0.29, 0.717) is 33.1 Å². The van der Waals surface area contributed by atoms with Crippen LogP contribution in [0.2, 0.25) is 0 Å². The van der Waals surface area contributed by atoms with Crippen LogP contribution in [0.5, 0.6) is 0 Å². The summed E-state index contributed by atoms with van der Waals surface area (Å²) < 4.78 is 12.0. The van der Waals surface area contributed by atoms with Crippen LogP contribution in [0.4, 0.5) is 16.4 Å². The molecule has 248 valence electrons. The number of carboxylic acid groups (broad SMARTS) is 1. The van der Waals surface area contributed by atoms with Crippen molar-refractivity contribution in [3.63, 3.8) is 0 Å². The first kappa shape index (κ1) is 38.1. The second kappa shape index (κ2) is 18.2. The number of aliphatic carboxylic acids is 1. The number of nitriles is 2. The summed E-state index contributed by atoms with van der Waals surface area (Å²) in [5.41, 5.74) is 2.34. The lowest BCUT2D eigenvalue weighted by molar-refractivity contribution is -0.168. The highest BCUT2D eigenvalue weighted by molar-refractivity contribution is 7.16. The number of hydrogen-bond acceptors (Lipinski definition) is 10. The third kappa shape index (κ3) is 11.4. The topological polar surface area (TPSA) is 148 Å². The number of carbonyl (C=O) groups excluding carboxylic acids is 1. The Balaban J connectivity index is 2.21. The molecule has 0 amide bonds. The average Bonchev–Trinajstić information content (AvgIpc) is 3.35. The van der Waals surface area contributed by atoms with Gasteiger partial charge in [-0.2, -0.15) is 10.5 Å². The summed E-state index contributed by atoms with van der Waals surface area (Å²) in [7, 11) is 0. The summed E-state index contributed by atoms with van der Waals surface area (Å²) in [6, 6.07) is 10.3. The molecule has 0 spiro atoms. The van der Waals surface area contributed by atoms with E-state index in [9.17, 15) is 20.1 Å². The van der Waals surface area contributed by atoms with Crippen molar-refractivity contribution < 1.29 is 24.2 Å². The molecule has 0 fully saturated rings. The summed E-state index contributed by atoms with van der Waals surface area (Å²) in [5, 5.41) is 36.9. The Kier molecular flexibility index (Phi) is 15.1. The lowest BCUT2D eigenvalue weighted by atomic mass is 9.96. The fourth-order valence-corrected chi connectivity index (χ4v) is 5.50. The second-order valence-corrected chi connectivity index (χ2v) is 12.9. The van der Waals surface area contributed by atoms with E-state index >= 15 is 0 Å². The minimum absolute atomic E-state index is 0.183. The maximum Gasteiger partial charge on any atom is 0.331 e. The quantitative estimate of drug-likeness (QED) is 0.0687. The standard InChI is InChI=1S/C35H47N5O5S/c1-8-11-12-13-19-40(20-18-34(6,9-2)44-24-35(7,10-3)45-32(43)17-16-31(41)42)27-14-15-29(25(4)21-27)38-39-33-28(22-36)26(5)30(23-37)46-33/h14-17,21H,8-13,18-20,24H2,1-7H3,(H,41,42)/b17-16-,39-38?. The van der Waals surface area contributed by atoms with Crippen LogP contribution in [-0.2, 0) is 19.1 Å². The molecule has 0 aliphatic rings. The summed E-state index contributed by atoms with van der Waals surface area (Å²) in [5.74, 6) is -1.93. The van der Waals surface area contributed by atoms with Crippen LogP contribution in [0.15, 0.2) is 40.6 Å². The van der Waals surface area contributed by atoms with Crippen molar-refractivity contribution in [1.29, 1.82) is 10.5 Å². The van der Waals surface area contributed by atoms with Crippen molar-refractivity contribution in [2.45, 2.75) is 105 Å². The number of thiophene rings is 1. The molecule has 0 aliphatic carbocycles. The highest BCUT2D eigenvalue weighted by Crippen LogP contribution is 2.36. The Morgan fingerprint density at radius 2 is 1.72 bits per heavy atom. The van der Waals surface area contributed by atoms with E-state index in [1.807, 2.05) is 26.0 Å². The van der Waals surface area contributed by atoms with Gasteiger partial charge in [-0.3, -0.25) is 0 Å². The summed E-state index contributed by atoms with van der Waals surface area (Å²) >= 11 is 1.17. The molecular formula is C35H47N5O5S. The van der Waals surface area contributed by atoms with Crippen molar-refractivity contribution in [3.8, 4) is 12.1 Å². The molecule has 11 heteroatoms. The molecule has 0 saturated carbocycles.